The maximum absolute atomic E-state index is 14.8. The molecule has 2 saturated heterocycles. The van der Waals surface area contributed by atoms with E-state index >= 15 is 0 Å². The molecule has 6 nitrogen and oxygen atoms in total. The molecule has 1 aromatic carbocycles. The maximum atomic E-state index is 14.8. The minimum absolute atomic E-state index is 0. The van der Waals surface area contributed by atoms with Gasteiger partial charge in [0.2, 0.25) is 0 Å². The number of aliphatic hydroxyl groups excluding tert-OH is 1. The van der Waals surface area contributed by atoms with Crippen LogP contribution in [0.5, 0.6) is 0 Å². The van der Waals surface area contributed by atoms with Crippen LogP contribution in [0, 0.1) is 11.7 Å². The third-order valence-corrected chi connectivity index (χ3v) is 7.19. The van der Waals surface area contributed by atoms with Crippen molar-refractivity contribution in [3.05, 3.63) is 29.6 Å². The molecule has 186 valence electrons. The summed E-state index contributed by atoms with van der Waals surface area (Å²) in [5.74, 6) is 1.50. The Labute approximate surface area is 215 Å². The number of benzene rings is 1. The number of halogens is 2. The Kier molecular flexibility index (Phi) is 10.5. The van der Waals surface area contributed by atoms with E-state index in [-0.39, 0.29) is 35.9 Å². The topological polar surface area (TPSA) is 63.1 Å². The summed E-state index contributed by atoms with van der Waals surface area (Å²) in [7, 11) is 0. The summed E-state index contributed by atoms with van der Waals surface area (Å²) < 4.78 is 14.8. The number of hydrogen-bond donors (Lipinski definition) is 3. The predicted octanol–water partition coefficient (Wildman–Crippen LogP) is 3.72. The summed E-state index contributed by atoms with van der Waals surface area (Å²) in [5, 5.41) is 16.6. The highest BCUT2D eigenvalue weighted by Crippen LogP contribution is 2.27. The fourth-order valence-electron chi connectivity index (χ4n) is 5.37. The van der Waals surface area contributed by atoms with Crippen molar-refractivity contribution in [2.75, 3.05) is 44.2 Å². The number of aliphatic imine (C=N–C) groups is 1. The Morgan fingerprint density at radius 3 is 2.58 bits per heavy atom. The van der Waals surface area contributed by atoms with Gasteiger partial charge in [0, 0.05) is 45.3 Å². The van der Waals surface area contributed by atoms with Gasteiger partial charge in [-0.05, 0) is 62.6 Å². The summed E-state index contributed by atoms with van der Waals surface area (Å²) in [5.41, 5.74) is 1.50. The van der Waals surface area contributed by atoms with Crippen LogP contribution in [-0.4, -0.2) is 67.4 Å². The second-order valence-electron chi connectivity index (χ2n) is 9.74. The standard InChI is InChI=1S/C25H40FN5O.HI/c1-2-27-25(29-21-9-12-30(18-21)17-19-5-3-4-6-19)28-16-20-7-8-24(23(26)15-20)31-13-10-22(32)11-14-31;/h7-8,15,19,21-22,32H,2-6,9-14,16-18H2,1H3,(H2,27,28,29);1H. The first-order valence-electron chi connectivity index (χ1n) is 12.6. The van der Waals surface area contributed by atoms with Crippen molar-refractivity contribution < 1.29 is 9.50 Å². The molecular weight excluding hydrogens is 532 g/mol. The van der Waals surface area contributed by atoms with Crippen molar-refractivity contribution in [3.8, 4) is 0 Å². The quantitative estimate of drug-likeness (QED) is 0.264. The first-order valence-corrected chi connectivity index (χ1v) is 12.6. The van der Waals surface area contributed by atoms with Gasteiger partial charge in [0.15, 0.2) is 5.96 Å². The van der Waals surface area contributed by atoms with E-state index in [1.807, 2.05) is 17.0 Å². The lowest BCUT2D eigenvalue weighted by Gasteiger charge is -2.31. The molecule has 0 spiro atoms. The van der Waals surface area contributed by atoms with Gasteiger partial charge in [0.05, 0.1) is 18.3 Å². The van der Waals surface area contributed by atoms with Crippen molar-refractivity contribution >= 4 is 35.6 Å². The van der Waals surface area contributed by atoms with E-state index < -0.39 is 0 Å². The van der Waals surface area contributed by atoms with Crippen LogP contribution in [0.3, 0.4) is 0 Å². The van der Waals surface area contributed by atoms with E-state index in [1.54, 1.807) is 6.07 Å². The van der Waals surface area contributed by atoms with E-state index in [4.69, 9.17) is 4.99 Å². The van der Waals surface area contributed by atoms with Crippen LogP contribution < -0.4 is 15.5 Å². The molecule has 2 heterocycles. The molecule has 0 bridgehead atoms. The lowest BCUT2D eigenvalue weighted by atomic mass is 10.1. The van der Waals surface area contributed by atoms with Gasteiger partial charge in [-0.15, -0.1) is 24.0 Å². The van der Waals surface area contributed by atoms with Gasteiger partial charge in [-0.1, -0.05) is 18.9 Å². The Morgan fingerprint density at radius 2 is 1.88 bits per heavy atom. The number of hydrogen-bond acceptors (Lipinski definition) is 4. The number of nitrogens with zero attached hydrogens (tertiary/aromatic N) is 3. The lowest BCUT2D eigenvalue weighted by Crippen LogP contribution is -2.44. The average molecular weight is 574 g/mol. The Balaban J connectivity index is 0.00000306. The minimum Gasteiger partial charge on any atom is -0.393 e. The van der Waals surface area contributed by atoms with Crippen molar-refractivity contribution in [3.63, 3.8) is 0 Å². The highest BCUT2D eigenvalue weighted by molar-refractivity contribution is 14.0. The van der Waals surface area contributed by atoms with Crippen LogP contribution in [0.25, 0.3) is 0 Å². The van der Waals surface area contributed by atoms with Crippen LogP contribution >= 0.6 is 24.0 Å². The molecule has 33 heavy (non-hydrogen) atoms. The second-order valence-corrected chi connectivity index (χ2v) is 9.74. The molecule has 4 rings (SSSR count). The molecule has 3 N–H and O–H groups in total. The van der Waals surface area contributed by atoms with E-state index in [1.165, 1.54) is 32.2 Å². The second kappa shape index (κ2) is 13.1. The number of anilines is 1. The molecular formula is C25H41FIN5O. The van der Waals surface area contributed by atoms with E-state index in [2.05, 4.69) is 22.5 Å². The SMILES string of the molecule is CCNC(=NCc1ccc(N2CCC(O)CC2)c(F)c1)NC1CCN(CC2CCCC2)C1.I. The summed E-state index contributed by atoms with van der Waals surface area (Å²) in [4.78, 5) is 9.36. The molecule has 1 saturated carbocycles. The molecule has 2 aliphatic heterocycles. The number of rotatable bonds is 7. The van der Waals surface area contributed by atoms with Crippen molar-refractivity contribution in [2.24, 2.45) is 10.9 Å². The highest BCUT2D eigenvalue weighted by atomic mass is 127. The van der Waals surface area contributed by atoms with Crippen LogP contribution in [0.2, 0.25) is 0 Å². The average Bonchev–Trinajstić information content (AvgIpc) is 3.46. The largest absolute Gasteiger partial charge is 0.393 e. The summed E-state index contributed by atoms with van der Waals surface area (Å²) in [6.45, 7) is 8.20. The molecule has 0 amide bonds. The maximum Gasteiger partial charge on any atom is 0.191 e. The molecule has 1 atom stereocenters. The molecule has 1 unspecified atom stereocenters. The van der Waals surface area contributed by atoms with Crippen molar-refractivity contribution in [1.29, 1.82) is 0 Å². The summed E-state index contributed by atoms with van der Waals surface area (Å²) in [6.07, 6.45) is 7.88. The Morgan fingerprint density at radius 1 is 1.12 bits per heavy atom. The smallest absolute Gasteiger partial charge is 0.191 e. The monoisotopic (exact) mass is 573 g/mol. The molecule has 8 heteroatoms. The molecule has 0 aromatic heterocycles. The van der Waals surface area contributed by atoms with Gasteiger partial charge < -0.3 is 25.5 Å². The lowest BCUT2D eigenvalue weighted by molar-refractivity contribution is 0.145. The van der Waals surface area contributed by atoms with Gasteiger partial charge in [-0.2, -0.15) is 0 Å². The number of likely N-dealkylation sites (tertiary alicyclic amines) is 1. The van der Waals surface area contributed by atoms with E-state index in [9.17, 15) is 9.50 Å². The van der Waals surface area contributed by atoms with Crippen molar-refractivity contribution in [2.45, 2.75) is 70.6 Å². The van der Waals surface area contributed by atoms with Gasteiger partial charge >= 0.3 is 0 Å². The van der Waals surface area contributed by atoms with Crippen LogP contribution in [-0.2, 0) is 6.54 Å². The van der Waals surface area contributed by atoms with Gasteiger partial charge in [-0.3, -0.25) is 0 Å². The van der Waals surface area contributed by atoms with E-state index in [0.29, 0.717) is 44.2 Å². The minimum atomic E-state index is -0.255. The third-order valence-electron chi connectivity index (χ3n) is 7.19. The number of nitrogens with one attached hydrogen (secondary N) is 2. The zero-order valence-electron chi connectivity index (χ0n) is 19.9. The molecule has 1 aromatic rings. The van der Waals surface area contributed by atoms with E-state index in [0.717, 1.165) is 43.5 Å². The van der Waals surface area contributed by atoms with Gasteiger partial charge in [0.25, 0.3) is 0 Å². The highest BCUT2D eigenvalue weighted by Gasteiger charge is 2.26. The zero-order chi connectivity index (χ0) is 22.3. The van der Waals surface area contributed by atoms with Crippen LogP contribution in [0.15, 0.2) is 23.2 Å². The van der Waals surface area contributed by atoms with Gasteiger partial charge in [0.1, 0.15) is 5.82 Å². The predicted molar refractivity (Wildman–Crippen MR) is 144 cm³/mol. The Hall–Kier alpha value is -1.13. The first kappa shape index (κ1) is 26.5. The summed E-state index contributed by atoms with van der Waals surface area (Å²) in [6, 6.07) is 5.85. The van der Waals surface area contributed by atoms with Crippen LogP contribution in [0.1, 0.15) is 57.4 Å². The van der Waals surface area contributed by atoms with Crippen molar-refractivity contribution in [1.82, 2.24) is 15.5 Å². The fraction of sp³-hybridized carbons (Fsp3) is 0.720. The zero-order valence-corrected chi connectivity index (χ0v) is 22.3. The molecule has 0 radical (unpaired) electrons. The molecule has 3 aliphatic rings. The third kappa shape index (κ3) is 7.68. The van der Waals surface area contributed by atoms with Gasteiger partial charge in [-0.25, -0.2) is 9.38 Å². The molecule has 3 fully saturated rings. The first-order chi connectivity index (χ1) is 15.6. The number of guanidine groups is 1. The summed E-state index contributed by atoms with van der Waals surface area (Å²) >= 11 is 0. The Bertz CT molecular complexity index is 765. The normalized spacial score (nSPS) is 23.1. The fourth-order valence-corrected chi connectivity index (χ4v) is 5.37. The number of piperidine rings is 1. The van der Waals surface area contributed by atoms with Crippen LogP contribution in [0.4, 0.5) is 10.1 Å². The number of aliphatic hydroxyl groups is 1. The molecule has 1 aliphatic carbocycles.